The van der Waals surface area contributed by atoms with Crippen LogP contribution in [0.2, 0.25) is 5.02 Å². The molecular weight excluding hydrogens is 389 g/mol. The fourth-order valence-corrected chi connectivity index (χ4v) is 3.44. The van der Waals surface area contributed by atoms with Crippen LogP contribution in [0.4, 0.5) is 5.69 Å². The van der Waals surface area contributed by atoms with Crippen LogP contribution in [-0.2, 0) is 0 Å². The highest BCUT2D eigenvalue weighted by molar-refractivity contribution is 9.10. The van der Waals surface area contributed by atoms with Gasteiger partial charge in [0.1, 0.15) is 0 Å². The van der Waals surface area contributed by atoms with Gasteiger partial charge in [-0.05, 0) is 55.3 Å². The van der Waals surface area contributed by atoms with E-state index in [4.69, 9.17) is 11.6 Å². The molecule has 0 bridgehead atoms. The molecule has 0 spiro atoms. The molecule has 0 aliphatic heterocycles. The third-order valence-electron chi connectivity index (χ3n) is 2.85. The molecular formula is C15H14Br2ClN. The molecule has 0 amide bonds. The standard InChI is InChI=1S/C15H14Br2ClN/c1-9-5-12(17)7-13(6-9)19-10(2)14-4-3-11(16)8-15(14)18/h3-8,10,19H,1-2H3. The Balaban J connectivity index is 2.22. The van der Waals surface area contributed by atoms with Crippen molar-refractivity contribution in [1.29, 1.82) is 0 Å². The third kappa shape index (κ3) is 3.98. The number of anilines is 1. The van der Waals surface area contributed by atoms with Gasteiger partial charge in [-0.3, -0.25) is 0 Å². The van der Waals surface area contributed by atoms with Crippen LogP contribution in [0.1, 0.15) is 24.1 Å². The summed E-state index contributed by atoms with van der Waals surface area (Å²) in [7, 11) is 0. The van der Waals surface area contributed by atoms with E-state index in [0.717, 1.165) is 25.2 Å². The number of hydrogen-bond donors (Lipinski definition) is 1. The Morgan fingerprint density at radius 3 is 2.42 bits per heavy atom. The Kier molecular flexibility index (Phi) is 4.93. The average molecular weight is 404 g/mol. The molecule has 2 aromatic carbocycles. The molecule has 0 saturated carbocycles. The lowest BCUT2D eigenvalue weighted by atomic mass is 10.1. The monoisotopic (exact) mass is 401 g/mol. The zero-order valence-electron chi connectivity index (χ0n) is 10.7. The summed E-state index contributed by atoms with van der Waals surface area (Å²) in [5, 5.41) is 4.24. The smallest absolute Gasteiger partial charge is 0.0500 e. The maximum absolute atomic E-state index is 6.27. The van der Waals surface area contributed by atoms with E-state index in [0.29, 0.717) is 0 Å². The minimum absolute atomic E-state index is 0.147. The molecule has 4 heteroatoms. The van der Waals surface area contributed by atoms with Gasteiger partial charge in [-0.1, -0.05) is 49.5 Å². The topological polar surface area (TPSA) is 12.0 Å². The molecule has 1 unspecified atom stereocenters. The van der Waals surface area contributed by atoms with Crippen LogP contribution in [0, 0.1) is 6.92 Å². The Morgan fingerprint density at radius 2 is 1.79 bits per heavy atom. The van der Waals surface area contributed by atoms with Gasteiger partial charge in [0.05, 0.1) is 0 Å². The SMILES string of the molecule is Cc1cc(Br)cc(NC(C)c2ccc(Br)cc2Cl)c1. The first-order valence-corrected chi connectivity index (χ1v) is 7.91. The predicted octanol–water partition coefficient (Wildman–Crippen LogP) is 6.35. The van der Waals surface area contributed by atoms with E-state index in [1.807, 2.05) is 18.2 Å². The lowest BCUT2D eigenvalue weighted by Gasteiger charge is -2.18. The molecule has 1 atom stereocenters. The van der Waals surface area contributed by atoms with Gasteiger partial charge in [-0.2, -0.15) is 0 Å². The fourth-order valence-electron chi connectivity index (χ4n) is 2.00. The van der Waals surface area contributed by atoms with Gasteiger partial charge in [0.25, 0.3) is 0 Å². The van der Waals surface area contributed by atoms with Gasteiger partial charge in [-0.25, -0.2) is 0 Å². The molecule has 1 nitrogen and oxygen atoms in total. The van der Waals surface area contributed by atoms with Gasteiger partial charge < -0.3 is 5.32 Å². The molecule has 2 aromatic rings. The second kappa shape index (κ2) is 6.29. The van der Waals surface area contributed by atoms with Crippen LogP contribution >= 0.6 is 43.5 Å². The van der Waals surface area contributed by atoms with E-state index in [9.17, 15) is 0 Å². The van der Waals surface area contributed by atoms with Crippen molar-refractivity contribution in [2.45, 2.75) is 19.9 Å². The Morgan fingerprint density at radius 1 is 1.05 bits per heavy atom. The molecule has 100 valence electrons. The van der Waals surface area contributed by atoms with Gasteiger partial charge in [-0.15, -0.1) is 0 Å². The van der Waals surface area contributed by atoms with Crippen LogP contribution in [0.15, 0.2) is 45.3 Å². The van der Waals surface area contributed by atoms with Crippen LogP contribution < -0.4 is 5.32 Å². The summed E-state index contributed by atoms with van der Waals surface area (Å²) >= 11 is 13.2. The summed E-state index contributed by atoms with van der Waals surface area (Å²) in [4.78, 5) is 0. The lowest BCUT2D eigenvalue weighted by molar-refractivity contribution is 0.884. The Hall–Kier alpha value is -0.510. The number of benzene rings is 2. The summed E-state index contributed by atoms with van der Waals surface area (Å²) in [6.07, 6.45) is 0. The van der Waals surface area contributed by atoms with Gasteiger partial charge in [0.15, 0.2) is 0 Å². The lowest BCUT2D eigenvalue weighted by Crippen LogP contribution is -2.07. The number of halogens is 3. The maximum atomic E-state index is 6.27. The van der Waals surface area contributed by atoms with Gasteiger partial charge >= 0.3 is 0 Å². The van der Waals surface area contributed by atoms with Crippen molar-refractivity contribution in [2.24, 2.45) is 0 Å². The van der Waals surface area contributed by atoms with E-state index in [1.54, 1.807) is 0 Å². The summed E-state index contributed by atoms with van der Waals surface area (Å²) in [5.74, 6) is 0. The normalized spacial score (nSPS) is 12.3. The summed E-state index contributed by atoms with van der Waals surface area (Å²) < 4.78 is 2.07. The molecule has 0 aliphatic rings. The molecule has 0 fully saturated rings. The van der Waals surface area contributed by atoms with Gasteiger partial charge in [0, 0.05) is 25.7 Å². The Bertz CT molecular complexity index is 578. The first-order valence-electron chi connectivity index (χ1n) is 5.94. The van der Waals surface area contributed by atoms with E-state index in [2.05, 4.69) is 69.2 Å². The molecule has 1 N–H and O–H groups in total. The second-order valence-electron chi connectivity index (χ2n) is 4.55. The molecule has 19 heavy (non-hydrogen) atoms. The van der Waals surface area contributed by atoms with Crippen molar-refractivity contribution >= 4 is 49.1 Å². The first kappa shape index (κ1) is 14.9. The largest absolute Gasteiger partial charge is 0.378 e. The van der Waals surface area contributed by atoms with Crippen molar-refractivity contribution in [3.63, 3.8) is 0 Å². The van der Waals surface area contributed by atoms with E-state index >= 15 is 0 Å². The van der Waals surface area contributed by atoms with Crippen molar-refractivity contribution in [1.82, 2.24) is 0 Å². The molecule has 2 rings (SSSR count). The van der Waals surface area contributed by atoms with E-state index < -0.39 is 0 Å². The minimum atomic E-state index is 0.147. The van der Waals surface area contributed by atoms with Crippen molar-refractivity contribution in [2.75, 3.05) is 5.32 Å². The predicted molar refractivity (Wildman–Crippen MR) is 90.1 cm³/mol. The molecule has 0 radical (unpaired) electrons. The fraction of sp³-hybridized carbons (Fsp3) is 0.200. The van der Waals surface area contributed by atoms with Crippen molar-refractivity contribution < 1.29 is 0 Å². The zero-order chi connectivity index (χ0) is 14.0. The van der Waals surface area contributed by atoms with Crippen molar-refractivity contribution in [3.05, 3.63) is 61.5 Å². The van der Waals surface area contributed by atoms with Crippen LogP contribution in [0.3, 0.4) is 0 Å². The maximum Gasteiger partial charge on any atom is 0.0500 e. The highest BCUT2D eigenvalue weighted by Crippen LogP contribution is 2.29. The summed E-state index contributed by atoms with van der Waals surface area (Å²) in [6, 6.07) is 12.4. The highest BCUT2D eigenvalue weighted by Gasteiger charge is 2.10. The number of nitrogens with one attached hydrogen (secondary N) is 1. The quantitative estimate of drug-likeness (QED) is 0.630. The molecule has 0 aliphatic carbocycles. The summed E-state index contributed by atoms with van der Waals surface area (Å²) in [6.45, 7) is 4.18. The zero-order valence-corrected chi connectivity index (χ0v) is 14.6. The number of hydrogen-bond acceptors (Lipinski definition) is 1. The van der Waals surface area contributed by atoms with E-state index in [-0.39, 0.29) is 6.04 Å². The van der Waals surface area contributed by atoms with Crippen LogP contribution in [-0.4, -0.2) is 0 Å². The average Bonchev–Trinajstić information content (AvgIpc) is 2.26. The first-order chi connectivity index (χ1) is 8.95. The highest BCUT2D eigenvalue weighted by atomic mass is 79.9. The van der Waals surface area contributed by atoms with Gasteiger partial charge in [0.2, 0.25) is 0 Å². The molecule has 0 aromatic heterocycles. The second-order valence-corrected chi connectivity index (χ2v) is 6.79. The summed E-state index contributed by atoms with van der Waals surface area (Å²) in [5.41, 5.74) is 3.38. The minimum Gasteiger partial charge on any atom is -0.378 e. The van der Waals surface area contributed by atoms with E-state index in [1.165, 1.54) is 5.56 Å². The number of aryl methyl sites for hydroxylation is 1. The van der Waals surface area contributed by atoms with Crippen LogP contribution in [0.5, 0.6) is 0 Å². The van der Waals surface area contributed by atoms with Crippen molar-refractivity contribution in [3.8, 4) is 0 Å². The molecule has 0 saturated heterocycles. The Labute approximate surface area is 135 Å². The van der Waals surface area contributed by atoms with Crippen LogP contribution in [0.25, 0.3) is 0 Å². The molecule has 0 heterocycles. The number of rotatable bonds is 3. The third-order valence-corrected chi connectivity index (χ3v) is 4.13.